The Balaban J connectivity index is 1.39. The van der Waals surface area contributed by atoms with Gasteiger partial charge in [0.25, 0.3) is 16.0 Å². The highest BCUT2D eigenvalue weighted by Crippen LogP contribution is 2.41. The molecule has 0 saturated heterocycles. The fourth-order valence-electron chi connectivity index (χ4n) is 6.79. The third-order valence-corrected chi connectivity index (χ3v) is 11.2. The molecule has 0 aromatic heterocycles. The SMILES string of the molecule is CCCCCCCCCCCCCCCCCCN(C)c1ccc(S(=O)(=O)O)cc1NC(=O)c1cc(/N=N/c2cc(OC)c(O)cc2Cl)c2ccccc2c1O. The normalized spacial score (nSPS) is 11.7. The molecule has 4 N–H and O–H groups in total. The van der Waals surface area contributed by atoms with Gasteiger partial charge >= 0.3 is 0 Å². The Kier molecular flexibility index (Phi) is 17.7. The smallest absolute Gasteiger partial charge is 0.294 e. The lowest BCUT2D eigenvalue weighted by molar-refractivity contribution is 0.102. The maximum absolute atomic E-state index is 13.9. The standard InChI is InChI=1S/C43H57ClN4O7S/c1-4-5-6-7-8-9-10-11-12-13-14-15-16-17-18-21-26-48(2)39-25-24-31(56(52,53)54)27-38(39)45-43(51)34-28-36(32-22-19-20-23-33(32)42(34)50)46-47-37-30-41(55-3)40(49)29-35(37)44/h19-20,22-25,27-30,49-50H,4-18,21,26H2,1-3H3,(H,45,51)(H,52,53,54)/b47-46+. The topological polar surface area (TPSA) is 161 Å². The molecule has 4 aromatic carbocycles. The molecule has 0 aliphatic carbocycles. The third kappa shape index (κ3) is 13.1. The van der Waals surface area contributed by atoms with Crippen LogP contribution < -0.4 is 15.0 Å². The zero-order valence-electron chi connectivity index (χ0n) is 32.9. The molecule has 4 rings (SSSR count). The number of nitrogens with one attached hydrogen (secondary N) is 1. The van der Waals surface area contributed by atoms with E-state index in [1.807, 2.05) is 11.9 Å². The van der Waals surface area contributed by atoms with Crippen LogP contribution in [-0.4, -0.2) is 49.8 Å². The number of phenolic OH excluding ortho intramolecular Hbond substituents is 2. The zero-order chi connectivity index (χ0) is 40.5. The van der Waals surface area contributed by atoms with E-state index in [9.17, 15) is 28.0 Å². The predicted molar refractivity (Wildman–Crippen MR) is 226 cm³/mol. The summed E-state index contributed by atoms with van der Waals surface area (Å²) in [6, 6.07) is 14.9. The Hall–Kier alpha value is -4.39. The number of carbonyl (C=O) groups is 1. The molecule has 0 aliphatic heterocycles. The minimum atomic E-state index is -4.58. The number of carbonyl (C=O) groups excluding carboxylic acids is 1. The first-order valence-electron chi connectivity index (χ1n) is 19.8. The number of benzene rings is 4. The van der Waals surface area contributed by atoms with Crippen LogP contribution >= 0.6 is 11.6 Å². The van der Waals surface area contributed by atoms with E-state index >= 15 is 0 Å². The van der Waals surface area contributed by atoms with Crippen molar-refractivity contribution >= 4 is 61.1 Å². The summed E-state index contributed by atoms with van der Waals surface area (Å²) in [5, 5.41) is 33.6. The molecule has 0 aliphatic rings. The van der Waals surface area contributed by atoms with Crippen LogP contribution in [-0.2, 0) is 10.1 Å². The minimum absolute atomic E-state index is 0.114. The van der Waals surface area contributed by atoms with Crippen molar-refractivity contribution in [3.05, 3.63) is 71.2 Å². The Bertz CT molecular complexity index is 2040. The lowest BCUT2D eigenvalue weighted by atomic mass is 10.0. The van der Waals surface area contributed by atoms with Crippen molar-refractivity contribution in [1.29, 1.82) is 0 Å². The van der Waals surface area contributed by atoms with Crippen molar-refractivity contribution in [2.24, 2.45) is 10.2 Å². The summed E-state index contributed by atoms with van der Waals surface area (Å²) in [6.07, 6.45) is 20.3. The van der Waals surface area contributed by atoms with Gasteiger partial charge in [-0.3, -0.25) is 9.35 Å². The molecule has 0 unspecified atom stereocenters. The van der Waals surface area contributed by atoms with Crippen molar-refractivity contribution in [2.45, 2.75) is 115 Å². The number of anilines is 2. The number of rotatable bonds is 24. The van der Waals surface area contributed by atoms with Crippen molar-refractivity contribution < 1.29 is 32.7 Å². The van der Waals surface area contributed by atoms with Gasteiger partial charge in [-0.2, -0.15) is 8.42 Å². The maximum atomic E-state index is 13.9. The van der Waals surface area contributed by atoms with E-state index in [4.69, 9.17) is 16.3 Å². The van der Waals surface area contributed by atoms with Crippen LogP contribution in [0.15, 0.2) is 75.8 Å². The highest BCUT2D eigenvalue weighted by molar-refractivity contribution is 7.85. The van der Waals surface area contributed by atoms with E-state index in [0.29, 0.717) is 23.0 Å². The van der Waals surface area contributed by atoms with E-state index in [2.05, 4.69) is 22.5 Å². The molecule has 0 fully saturated rings. The van der Waals surface area contributed by atoms with Crippen molar-refractivity contribution in [1.82, 2.24) is 0 Å². The molecule has 13 heteroatoms. The van der Waals surface area contributed by atoms with Crippen LogP contribution in [0.1, 0.15) is 120 Å². The number of azo groups is 1. The number of phenols is 2. The van der Waals surface area contributed by atoms with Crippen LogP contribution in [0, 0.1) is 0 Å². The highest BCUT2D eigenvalue weighted by Gasteiger charge is 2.21. The summed E-state index contributed by atoms with van der Waals surface area (Å²) in [5.74, 6) is -1.07. The van der Waals surface area contributed by atoms with Crippen molar-refractivity contribution in [3.63, 3.8) is 0 Å². The molecule has 0 atom stereocenters. The average Bonchev–Trinajstić information content (AvgIpc) is 3.17. The number of hydrogen-bond donors (Lipinski definition) is 4. The first kappa shape index (κ1) is 44.3. The van der Waals surface area contributed by atoms with Crippen molar-refractivity contribution in [2.75, 3.05) is 30.9 Å². The summed E-state index contributed by atoms with van der Waals surface area (Å²) in [4.78, 5) is 15.4. The lowest BCUT2D eigenvalue weighted by Gasteiger charge is -2.23. The van der Waals surface area contributed by atoms with E-state index in [1.54, 1.807) is 30.3 Å². The van der Waals surface area contributed by atoms with Crippen LogP contribution in [0.5, 0.6) is 17.2 Å². The number of aromatic hydroxyl groups is 2. The summed E-state index contributed by atoms with van der Waals surface area (Å²) >= 11 is 6.29. The van der Waals surface area contributed by atoms with Gasteiger partial charge in [0.05, 0.1) is 39.7 Å². The number of methoxy groups -OCH3 is 1. The Morgan fingerprint density at radius 1 is 0.768 bits per heavy atom. The number of nitrogens with zero attached hydrogens (tertiary/aromatic N) is 3. The average molecular weight is 809 g/mol. The molecule has 0 heterocycles. The maximum Gasteiger partial charge on any atom is 0.294 e. The summed E-state index contributed by atoms with van der Waals surface area (Å²) in [5.41, 5.74) is 0.976. The number of ether oxygens (including phenoxy) is 1. The number of hydrogen-bond acceptors (Lipinski definition) is 9. The van der Waals surface area contributed by atoms with Gasteiger partial charge in [-0.15, -0.1) is 10.2 Å². The molecule has 0 bridgehead atoms. The van der Waals surface area contributed by atoms with E-state index in [0.717, 1.165) is 19.3 Å². The molecule has 0 spiro atoms. The van der Waals surface area contributed by atoms with Gasteiger partial charge < -0.3 is 25.2 Å². The summed E-state index contributed by atoms with van der Waals surface area (Å²) in [6.45, 7) is 2.91. The van der Waals surface area contributed by atoms with Crippen molar-refractivity contribution in [3.8, 4) is 17.2 Å². The molecule has 0 radical (unpaired) electrons. The van der Waals surface area contributed by atoms with E-state index < -0.39 is 16.0 Å². The molecule has 304 valence electrons. The van der Waals surface area contributed by atoms with Crippen LogP contribution in [0.25, 0.3) is 10.8 Å². The quantitative estimate of drug-likeness (QED) is 0.0309. The highest BCUT2D eigenvalue weighted by atomic mass is 35.5. The predicted octanol–water partition coefficient (Wildman–Crippen LogP) is 12.5. The van der Waals surface area contributed by atoms with Crippen LogP contribution in [0.2, 0.25) is 5.02 Å². The zero-order valence-corrected chi connectivity index (χ0v) is 34.5. The summed E-state index contributed by atoms with van der Waals surface area (Å²) < 4.78 is 39.2. The van der Waals surface area contributed by atoms with Gasteiger partial charge in [-0.05, 0) is 30.7 Å². The largest absolute Gasteiger partial charge is 0.506 e. The van der Waals surface area contributed by atoms with Gasteiger partial charge in [0.1, 0.15) is 11.4 Å². The number of fused-ring (bicyclic) bond motifs is 1. The Morgan fingerprint density at radius 2 is 1.32 bits per heavy atom. The number of amides is 1. The molecule has 56 heavy (non-hydrogen) atoms. The number of halogens is 1. The van der Waals surface area contributed by atoms with Gasteiger partial charge in [0, 0.05) is 36.5 Å². The van der Waals surface area contributed by atoms with Crippen LogP contribution in [0.4, 0.5) is 22.7 Å². The second-order valence-corrected chi connectivity index (χ2v) is 16.2. The summed E-state index contributed by atoms with van der Waals surface area (Å²) in [7, 11) is -1.34. The van der Waals surface area contributed by atoms with E-state index in [1.165, 1.54) is 121 Å². The monoisotopic (exact) mass is 808 g/mol. The fraction of sp³-hybridized carbons (Fsp3) is 0.465. The molecular weight excluding hydrogens is 752 g/mol. The second kappa shape index (κ2) is 22.4. The molecule has 0 saturated carbocycles. The molecule has 4 aromatic rings. The second-order valence-electron chi connectivity index (χ2n) is 14.3. The van der Waals surface area contributed by atoms with E-state index in [-0.39, 0.29) is 49.8 Å². The van der Waals surface area contributed by atoms with Gasteiger partial charge in [-0.1, -0.05) is 139 Å². The Labute approximate surface area is 336 Å². The Morgan fingerprint density at radius 3 is 1.89 bits per heavy atom. The lowest BCUT2D eigenvalue weighted by Crippen LogP contribution is -2.22. The molecular formula is C43H57ClN4O7S. The first-order valence-corrected chi connectivity index (χ1v) is 21.6. The third-order valence-electron chi connectivity index (χ3n) is 10.0. The molecule has 11 nitrogen and oxygen atoms in total. The van der Waals surface area contributed by atoms with Gasteiger partial charge in [0.2, 0.25) is 0 Å². The fourth-order valence-corrected chi connectivity index (χ4v) is 7.49. The molecule has 1 amide bonds. The number of unbranched alkanes of at least 4 members (excludes halogenated alkanes) is 15. The van der Waals surface area contributed by atoms with Crippen LogP contribution in [0.3, 0.4) is 0 Å². The van der Waals surface area contributed by atoms with Gasteiger partial charge in [-0.25, -0.2) is 0 Å². The minimum Gasteiger partial charge on any atom is -0.506 e. The first-order chi connectivity index (χ1) is 26.9. The van der Waals surface area contributed by atoms with Gasteiger partial charge in [0.15, 0.2) is 11.5 Å².